The second-order valence-corrected chi connectivity index (χ2v) is 5.87. The molecule has 4 nitrogen and oxygen atoms in total. The molecule has 1 fully saturated rings. The van der Waals surface area contributed by atoms with Crippen LogP contribution >= 0.6 is 11.6 Å². The summed E-state index contributed by atoms with van der Waals surface area (Å²) in [6, 6.07) is 3.32. The summed E-state index contributed by atoms with van der Waals surface area (Å²) in [6.07, 6.45) is 7.62. The minimum atomic E-state index is -0.229. The van der Waals surface area contributed by atoms with Crippen LogP contribution in [0.2, 0.25) is 5.02 Å². The van der Waals surface area contributed by atoms with Crippen LogP contribution in [-0.4, -0.2) is 24.0 Å². The number of nitrogens with zero attached hydrogens (tertiary/aromatic N) is 1. The molecule has 5 heteroatoms. The molecule has 1 heterocycles. The predicted octanol–water partition coefficient (Wildman–Crippen LogP) is 3.83. The summed E-state index contributed by atoms with van der Waals surface area (Å²) in [5, 5.41) is 3.25. The molecule has 0 radical (unpaired) electrons. The standard InChI is InChI=1S/C16H23ClN2O2/c1-2-21-14-10-9-13(17)15(19-14)16(20)18-11-5-8-12-6-3-4-7-12/h9-10,12H,2-8,11H2,1H3,(H,18,20). The Kier molecular flexibility index (Phi) is 6.30. The maximum absolute atomic E-state index is 12.1. The fourth-order valence-electron chi connectivity index (χ4n) is 2.79. The van der Waals surface area contributed by atoms with Gasteiger partial charge in [-0.25, -0.2) is 4.98 Å². The summed E-state index contributed by atoms with van der Waals surface area (Å²) in [6.45, 7) is 3.06. The van der Waals surface area contributed by atoms with Gasteiger partial charge < -0.3 is 10.1 Å². The molecule has 0 saturated heterocycles. The van der Waals surface area contributed by atoms with Crippen LogP contribution in [0.5, 0.6) is 5.88 Å². The lowest BCUT2D eigenvalue weighted by Crippen LogP contribution is -2.26. The molecule has 0 spiro atoms. The minimum Gasteiger partial charge on any atom is -0.478 e. The van der Waals surface area contributed by atoms with E-state index < -0.39 is 0 Å². The summed E-state index contributed by atoms with van der Waals surface area (Å²) in [5.74, 6) is 1.05. The zero-order valence-corrected chi connectivity index (χ0v) is 13.3. The topological polar surface area (TPSA) is 51.2 Å². The van der Waals surface area contributed by atoms with Gasteiger partial charge in [0.15, 0.2) is 5.69 Å². The molecule has 1 N–H and O–H groups in total. The highest BCUT2D eigenvalue weighted by atomic mass is 35.5. The Morgan fingerprint density at radius 1 is 1.43 bits per heavy atom. The summed E-state index contributed by atoms with van der Waals surface area (Å²) in [5.41, 5.74) is 0.239. The Bertz CT molecular complexity index is 473. The van der Waals surface area contributed by atoms with Gasteiger partial charge in [0.25, 0.3) is 5.91 Å². The van der Waals surface area contributed by atoms with E-state index in [1.807, 2.05) is 6.92 Å². The van der Waals surface area contributed by atoms with Gasteiger partial charge in [0, 0.05) is 12.6 Å². The Morgan fingerprint density at radius 3 is 2.90 bits per heavy atom. The number of halogens is 1. The molecule has 0 aromatic carbocycles. The first-order chi connectivity index (χ1) is 10.2. The molecule has 1 aromatic heterocycles. The van der Waals surface area contributed by atoms with Crippen molar-refractivity contribution in [1.29, 1.82) is 0 Å². The fraction of sp³-hybridized carbons (Fsp3) is 0.625. The van der Waals surface area contributed by atoms with Crippen molar-refractivity contribution in [2.45, 2.75) is 45.4 Å². The van der Waals surface area contributed by atoms with Crippen LogP contribution in [0, 0.1) is 5.92 Å². The lowest BCUT2D eigenvalue weighted by Gasteiger charge is -2.10. The van der Waals surface area contributed by atoms with Gasteiger partial charge in [-0.05, 0) is 31.7 Å². The van der Waals surface area contributed by atoms with E-state index in [0.717, 1.165) is 12.3 Å². The Labute approximate surface area is 131 Å². The van der Waals surface area contributed by atoms with Crippen molar-refractivity contribution in [1.82, 2.24) is 10.3 Å². The van der Waals surface area contributed by atoms with Crippen molar-refractivity contribution in [2.75, 3.05) is 13.2 Å². The number of pyridine rings is 1. The average molecular weight is 311 g/mol. The number of amides is 1. The van der Waals surface area contributed by atoms with Crippen LogP contribution in [0.4, 0.5) is 0 Å². The summed E-state index contributed by atoms with van der Waals surface area (Å²) in [4.78, 5) is 16.3. The van der Waals surface area contributed by atoms with Gasteiger partial charge in [0.1, 0.15) is 0 Å². The molecule has 1 aliphatic rings. The van der Waals surface area contributed by atoms with E-state index in [0.29, 0.717) is 24.1 Å². The number of aromatic nitrogens is 1. The summed E-state index contributed by atoms with van der Waals surface area (Å²) >= 11 is 6.03. The molecule has 0 bridgehead atoms. The van der Waals surface area contributed by atoms with E-state index in [1.54, 1.807) is 12.1 Å². The number of nitrogens with one attached hydrogen (secondary N) is 1. The maximum atomic E-state index is 12.1. The van der Waals surface area contributed by atoms with Crippen molar-refractivity contribution in [3.05, 3.63) is 22.8 Å². The molecular weight excluding hydrogens is 288 g/mol. The SMILES string of the molecule is CCOc1ccc(Cl)c(C(=O)NCCCC2CCCC2)n1. The van der Waals surface area contributed by atoms with Crippen LogP contribution in [0.1, 0.15) is 55.9 Å². The molecule has 21 heavy (non-hydrogen) atoms. The predicted molar refractivity (Wildman–Crippen MR) is 83.9 cm³/mol. The van der Waals surface area contributed by atoms with E-state index in [1.165, 1.54) is 32.1 Å². The van der Waals surface area contributed by atoms with Crippen molar-refractivity contribution in [3.8, 4) is 5.88 Å². The zero-order valence-electron chi connectivity index (χ0n) is 12.5. The molecule has 1 aromatic rings. The number of hydrogen-bond acceptors (Lipinski definition) is 3. The second kappa shape index (κ2) is 8.23. The van der Waals surface area contributed by atoms with Gasteiger partial charge in [-0.15, -0.1) is 0 Å². The average Bonchev–Trinajstić information content (AvgIpc) is 2.99. The van der Waals surface area contributed by atoms with E-state index in [4.69, 9.17) is 16.3 Å². The lowest BCUT2D eigenvalue weighted by atomic mass is 10.0. The third-order valence-corrected chi connectivity index (χ3v) is 4.18. The third-order valence-electron chi connectivity index (χ3n) is 3.88. The quantitative estimate of drug-likeness (QED) is 0.779. The van der Waals surface area contributed by atoms with Crippen molar-refractivity contribution < 1.29 is 9.53 Å². The zero-order chi connectivity index (χ0) is 15.1. The van der Waals surface area contributed by atoms with Crippen molar-refractivity contribution >= 4 is 17.5 Å². The Balaban J connectivity index is 1.80. The highest BCUT2D eigenvalue weighted by molar-refractivity contribution is 6.33. The number of carbonyl (C=O) groups is 1. The van der Waals surface area contributed by atoms with Crippen LogP contribution in [0.25, 0.3) is 0 Å². The molecule has 116 valence electrons. The van der Waals surface area contributed by atoms with Crippen molar-refractivity contribution in [2.24, 2.45) is 5.92 Å². The monoisotopic (exact) mass is 310 g/mol. The fourth-order valence-corrected chi connectivity index (χ4v) is 2.98. The van der Waals surface area contributed by atoms with Crippen LogP contribution in [-0.2, 0) is 0 Å². The molecular formula is C16H23ClN2O2. The molecule has 1 aliphatic carbocycles. The number of rotatable bonds is 7. The first kappa shape index (κ1) is 16.1. The van der Waals surface area contributed by atoms with Gasteiger partial charge >= 0.3 is 0 Å². The van der Waals surface area contributed by atoms with E-state index in [9.17, 15) is 4.79 Å². The van der Waals surface area contributed by atoms with Crippen LogP contribution in [0.15, 0.2) is 12.1 Å². The van der Waals surface area contributed by atoms with Gasteiger partial charge in [-0.2, -0.15) is 0 Å². The summed E-state index contributed by atoms with van der Waals surface area (Å²) in [7, 11) is 0. The number of hydrogen-bond donors (Lipinski definition) is 1. The minimum absolute atomic E-state index is 0.229. The van der Waals surface area contributed by atoms with E-state index in [2.05, 4.69) is 10.3 Å². The molecule has 0 atom stereocenters. The highest BCUT2D eigenvalue weighted by Gasteiger charge is 2.16. The molecule has 1 amide bonds. The summed E-state index contributed by atoms with van der Waals surface area (Å²) < 4.78 is 5.30. The Hall–Kier alpha value is -1.29. The van der Waals surface area contributed by atoms with Gasteiger partial charge in [-0.1, -0.05) is 37.3 Å². The first-order valence-electron chi connectivity index (χ1n) is 7.78. The number of carbonyl (C=O) groups excluding carboxylic acids is 1. The largest absolute Gasteiger partial charge is 0.478 e. The van der Waals surface area contributed by atoms with Gasteiger partial charge in [0.05, 0.1) is 11.6 Å². The van der Waals surface area contributed by atoms with Crippen molar-refractivity contribution in [3.63, 3.8) is 0 Å². The van der Waals surface area contributed by atoms with E-state index in [-0.39, 0.29) is 11.6 Å². The third kappa shape index (κ3) is 4.88. The highest BCUT2D eigenvalue weighted by Crippen LogP contribution is 2.28. The molecule has 2 rings (SSSR count). The van der Waals surface area contributed by atoms with Gasteiger partial charge in [0.2, 0.25) is 5.88 Å². The Morgan fingerprint density at radius 2 is 2.19 bits per heavy atom. The van der Waals surface area contributed by atoms with Gasteiger partial charge in [-0.3, -0.25) is 4.79 Å². The van der Waals surface area contributed by atoms with E-state index >= 15 is 0 Å². The second-order valence-electron chi connectivity index (χ2n) is 5.46. The first-order valence-corrected chi connectivity index (χ1v) is 8.16. The van der Waals surface area contributed by atoms with Crippen LogP contribution in [0.3, 0.4) is 0 Å². The lowest BCUT2D eigenvalue weighted by molar-refractivity contribution is 0.0946. The molecule has 0 aliphatic heterocycles. The normalized spacial score (nSPS) is 15.1. The molecule has 1 saturated carbocycles. The number of ether oxygens (including phenoxy) is 1. The molecule has 0 unspecified atom stereocenters. The van der Waals surface area contributed by atoms with Crippen LogP contribution < -0.4 is 10.1 Å². The maximum Gasteiger partial charge on any atom is 0.271 e. The smallest absolute Gasteiger partial charge is 0.271 e.